The fraction of sp³-hybridized carbons (Fsp3) is 0.792. The highest BCUT2D eigenvalue weighted by atomic mass is 16.6. The Morgan fingerprint density at radius 1 is 0.600 bits per heavy atom. The van der Waals surface area contributed by atoms with Crippen molar-refractivity contribution >= 4 is 29.8 Å². The Kier molecular flexibility index (Phi) is 16.1. The van der Waals surface area contributed by atoms with Gasteiger partial charge >= 0.3 is 29.8 Å². The van der Waals surface area contributed by atoms with E-state index in [-0.39, 0.29) is 57.9 Å². The molecule has 1 rings (SSSR count). The average Bonchev–Trinajstić information content (AvgIpc) is 3.32. The van der Waals surface area contributed by atoms with Gasteiger partial charge in [-0.2, -0.15) is 0 Å². The molecule has 2 N–H and O–H groups in total. The molecule has 35 heavy (non-hydrogen) atoms. The van der Waals surface area contributed by atoms with Crippen LogP contribution in [0.4, 0.5) is 0 Å². The molecule has 0 radical (unpaired) electrons. The molecule has 1 saturated heterocycles. The van der Waals surface area contributed by atoms with Gasteiger partial charge in [0.2, 0.25) is 0 Å². The third-order valence-electron chi connectivity index (χ3n) is 5.54. The molecule has 0 bridgehead atoms. The highest BCUT2D eigenvalue weighted by Gasteiger charge is 2.18. The van der Waals surface area contributed by atoms with Crippen LogP contribution in [0, 0.1) is 5.92 Å². The quantitative estimate of drug-likeness (QED) is 0.143. The lowest BCUT2D eigenvalue weighted by molar-refractivity contribution is -0.154. The van der Waals surface area contributed by atoms with Crippen LogP contribution in [0.25, 0.3) is 0 Å². The van der Waals surface area contributed by atoms with Crippen molar-refractivity contribution in [3.8, 4) is 0 Å². The highest BCUT2D eigenvalue weighted by molar-refractivity contribution is 5.71. The standard InChI is InChI=1S/C24H39NO10/c26-20(27)8-1-3-10-22(30)33-16-19(17-34-23(31)11-4-2-9-21(28)29)18-35-24(32)12-7-15-25-13-5-6-14-25/h19H,1-18H2,(H,26,27)(H,28,29). The Balaban J connectivity index is 2.37. The number of carbonyl (C=O) groups is 5. The Morgan fingerprint density at radius 2 is 0.971 bits per heavy atom. The first kappa shape index (κ1) is 30.3. The minimum atomic E-state index is -0.926. The third-order valence-corrected chi connectivity index (χ3v) is 5.54. The monoisotopic (exact) mass is 501 g/mol. The van der Waals surface area contributed by atoms with Crippen LogP contribution in [0.2, 0.25) is 0 Å². The maximum atomic E-state index is 12.1. The number of aliphatic carboxylic acids is 2. The molecule has 200 valence electrons. The van der Waals surface area contributed by atoms with Gasteiger partial charge < -0.3 is 29.3 Å². The zero-order valence-electron chi connectivity index (χ0n) is 20.4. The molecule has 1 aliphatic heterocycles. The van der Waals surface area contributed by atoms with Crippen molar-refractivity contribution in [2.45, 2.75) is 77.0 Å². The molecular formula is C24H39NO10. The van der Waals surface area contributed by atoms with Crippen molar-refractivity contribution in [2.75, 3.05) is 39.5 Å². The van der Waals surface area contributed by atoms with Gasteiger partial charge in [-0.25, -0.2) is 0 Å². The summed E-state index contributed by atoms with van der Waals surface area (Å²) in [7, 11) is 0. The van der Waals surface area contributed by atoms with Crippen molar-refractivity contribution < 1.29 is 48.4 Å². The van der Waals surface area contributed by atoms with Crippen LogP contribution in [0.5, 0.6) is 0 Å². The number of unbranched alkanes of at least 4 members (excludes halogenated alkanes) is 2. The summed E-state index contributed by atoms with van der Waals surface area (Å²) in [6.45, 7) is 2.68. The Hall–Kier alpha value is -2.69. The van der Waals surface area contributed by atoms with Crippen molar-refractivity contribution in [1.29, 1.82) is 0 Å². The van der Waals surface area contributed by atoms with Crippen molar-refractivity contribution in [3.63, 3.8) is 0 Å². The molecule has 0 aromatic rings. The number of rotatable bonds is 20. The largest absolute Gasteiger partial charge is 0.481 e. The smallest absolute Gasteiger partial charge is 0.305 e. The fourth-order valence-corrected chi connectivity index (χ4v) is 3.54. The van der Waals surface area contributed by atoms with Gasteiger partial charge in [0, 0.05) is 32.1 Å². The zero-order valence-corrected chi connectivity index (χ0v) is 20.4. The summed E-state index contributed by atoms with van der Waals surface area (Å²) < 4.78 is 15.7. The highest BCUT2D eigenvalue weighted by Crippen LogP contribution is 2.10. The Labute approximate surface area is 206 Å². The van der Waals surface area contributed by atoms with Crippen molar-refractivity contribution in [1.82, 2.24) is 4.90 Å². The van der Waals surface area contributed by atoms with Gasteiger partial charge in [0.1, 0.15) is 19.8 Å². The van der Waals surface area contributed by atoms with E-state index in [1.54, 1.807) is 0 Å². The lowest BCUT2D eigenvalue weighted by Gasteiger charge is -2.18. The molecule has 0 saturated carbocycles. The summed E-state index contributed by atoms with van der Waals surface area (Å²) in [6, 6.07) is 0. The number of nitrogens with zero attached hydrogens (tertiary/aromatic N) is 1. The van der Waals surface area contributed by atoms with Gasteiger partial charge in [-0.15, -0.1) is 0 Å². The fourth-order valence-electron chi connectivity index (χ4n) is 3.54. The minimum absolute atomic E-state index is 0.0218. The number of carbonyl (C=O) groups excluding carboxylic acids is 3. The summed E-state index contributed by atoms with van der Waals surface area (Å²) in [5.41, 5.74) is 0. The second kappa shape index (κ2) is 18.6. The topological polar surface area (TPSA) is 157 Å². The van der Waals surface area contributed by atoms with Crippen LogP contribution in [-0.2, 0) is 38.2 Å². The molecule has 1 aliphatic rings. The molecule has 11 heteroatoms. The molecule has 0 atom stereocenters. The molecule has 0 aromatic carbocycles. The maximum Gasteiger partial charge on any atom is 0.305 e. The van der Waals surface area contributed by atoms with Crippen LogP contribution in [-0.4, -0.2) is 84.4 Å². The predicted octanol–water partition coefficient (Wildman–Crippen LogP) is 2.40. The van der Waals surface area contributed by atoms with E-state index < -0.39 is 29.8 Å². The summed E-state index contributed by atoms with van der Waals surface area (Å²) in [5.74, 6) is -3.76. The summed E-state index contributed by atoms with van der Waals surface area (Å²) in [6.07, 6.45) is 4.92. The molecular weight excluding hydrogens is 462 g/mol. The van der Waals surface area contributed by atoms with Gasteiger partial charge in [0.15, 0.2) is 0 Å². The van der Waals surface area contributed by atoms with E-state index in [0.29, 0.717) is 32.1 Å². The van der Waals surface area contributed by atoms with Crippen molar-refractivity contribution in [2.24, 2.45) is 5.92 Å². The first-order valence-corrected chi connectivity index (χ1v) is 12.4. The molecule has 1 heterocycles. The molecule has 0 spiro atoms. The summed E-state index contributed by atoms with van der Waals surface area (Å²) >= 11 is 0. The van der Waals surface area contributed by atoms with Gasteiger partial charge in [-0.1, -0.05) is 0 Å². The SMILES string of the molecule is O=C(O)CCCCC(=O)OCC(COC(=O)CCCCC(=O)O)COC(=O)CCCN1CCCC1. The Bertz CT molecular complexity index is 637. The number of carboxylic acid groups (broad SMARTS) is 2. The molecule has 0 aliphatic carbocycles. The van der Waals surface area contributed by atoms with E-state index >= 15 is 0 Å². The van der Waals surface area contributed by atoms with Gasteiger partial charge in [0.25, 0.3) is 0 Å². The number of hydrogen-bond acceptors (Lipinski definition) is 9. The second-order valence-electron chi connectivity index (χ2n) is 8.77. The van der Waals surface area contributed by atoms with Crippen LogP contribution in [0.15, 0.2) is 0 Å². The second-order valence-corrected chi connectivity index (χ2v) is 8.77. The van der Waals surface area contributed by atoms with E-state index in [4.69, 9.17) is 24.4 Å². The number of hydrogen-bond donors (Lipinski definition) is 2. The van der Waals surface area contributed by atoms with Crippen LogP contribution in [0.1, 0.15) is 77.0 Å². The van der Waals surface area contributed by atoms with E-state index in [9.17, 15) is 24.0 Å². The van der Waals surface area contributed by atoms with Gasteiger partial charge in [-0.3, -0.25) is 24.0 Å². The molecule has 11 nitrogen and oxygen atoms in total. The van der Waals surface area contributed by atoms with Crippen molar-refractivity contribution in [3.05, 3.63) is 0 Å². The number of carboxylic acids is 2. The van der Waals surface area contributed by atoms with E-state index in [1.807, 2.05) is 0 Å². The third kappa shape index (κ3) is 17.4. The van der Waals surface area contributed by atoms with E-state index in [0.717, 1.165) is 19.6 Å². The van der Waals surface area contributed by atoms with Crippen LogP contribution in [0.3, 0.4) is 0 Å². The lowest BCUT2D eigenvalue weighted by atomic mass is 10.1. The Morgan fingerprint density at radius 3 is 1.37 bits per heavy atom. The van der Waals surface area contributed by atoms with E-state index in [2.05, 4.69) is 4.90 Å². The maximum absolute atomic E-state index is 12.1. The molecule has 1 fully saturated rings. The van der Waals surface area contributed by atoms with Crippen LogP contribution >= 0.6 is 0 Å². The summed E-state index contributed by atoms with van der Waals surface area (Å²) in [5, 5.41) is 17.3. The van der Waals surface area contributed by atoms with Gasteiger partial charge in [-0.05, 0) is 64.6 Å². The van der Waals surface area contributed by atoms with Gasteiger partial charge in [0.05, 0.1) is 5.92 Å². The molecule has 0 amide bonds. The zero-order chi connectivity index (χ0) is 25.9. The number of ether oxygens (including phenoxy) is 3. The minimum Gasteiger partial charge on any atom is -0.481 e. The number of esters is 3. The first-order valence-electron chi connectivity index (χ1n) is 12.4. The molecule has 0 unspecified atom stereocenters. The lowest BCUT2D eigenvalue weighted by Crippen LogP contribution is -2.27. The number of likely N-dealkylation sites (tertiary alicyclic amines) is 1. The van der Waals surface area contributed by atoms with E-state index in [1.165, 1.54) is 12.8 Å². The predicted molar refractivity (Wildman–Crippen MR) is 123 cm³/mol. The average molecular weight is 502 g/mol. The van der Waals surface area contributed by atoms with Crippen LogP contribution < -0.4 is 0 Å². The summed E-state index contributed by atoms with van der Waals surface area (Å²) in [4.78, 5) is 59.3. The first-order chi connectivity index (χ1) is 16.8. The normalized spacial score (nSPS) is 13.5. The molecule has 0 aromatic heterocycles.